The fraction of sp³-hybridized carbons (Fsp3) is 0.0588. The molecular weight excluding hydrogens is 280 g/mol. The topological polar surface area (TPSA) is 107 Å². The summed E-state index contributed by atoms with van der Waals surface area (Å²) in [5.74, 6) is -1.78. The molecule has 110 valence electrons. The van der Waals surface area contributed by atoms with Gasteiger partial charge in [0.25, 0.3) is 5.91 Å². The number of phenols is 2. The van der Waals surface area contributed by atoms with Crippen molar-refractivity contribution in [3.8, 4) is 17.6 Å². The molecule has 0 bridgehead atoms. The Morgan fingerprint density at radius 3 is 2.32 bits per heavy atom. The molecule has 2 aromatic carbocycles. The van der Waals surface area contributed by atoms with Crippen LogP contribution in [0.5, 0.6) is 11.5 Å². The Labute approximate surface area is 127 Å². The Morgan fingerprint density at radius 1 is 1.09 bits per heavy atom. The third-order valence-electron chi connectivity index (χ3n) is 3.24. The highest BCUT2D eigenvalue weighted by molar-refractivity contribution is 5.96. The number of carbonyl (C=O) groups is 1. The number of allylic oxidation sites excluding steroid dienone is 1. The lowest BCUT2D eigenvalue weighted by Gasteiger charge is -2.15. The number of phenolic OH excluding ortho intramolecular Hbond substituents is 2. The lowest BCUT2D eigenvalue weighted by Crippen LogP contribution is -2.14. The van der Waals surface area contributed by atoms with E-state index in [4.69, 9.17) is 11.0 Å². The highest BCUT2D eigenvalue weighted by Crippen LogP contribution is 2.33. The second kappa shape index (κ2) is 6.46. The summed E-state index contributed by atoms with van der Waals surface area (Å²) < 4.78 is 0. The smallest absolute Gasteiger partial charge is 0.259 e. The van der Waals surface area contributed by atoms with Crippen molar-refractivity contribution in [1.29, 1.82) is 5.26 Å². The van der Waals surface area contributed by atoms with Gasteiger partial charge in [0.05, 0.1) is 0 Å². The van der Waals surface area contributed by atoms with Gasteiger partial charge in [0.1, 0.15) is 11.6 Å². The summed E-state index contributed by atoms with van der Waals surface area (Å²) in [6, 6.07) is 15.3. The van der Waals surface area contributed by atoms with Gasteiger partial charge in [-0.3, -0.25) is 4.79 Å². The van der Waals surface area contributed by atoms with Gasteiger partial charge in [0, 0.05) is 5.92 Å². The first-order valence-corrected chi connectivity index (χ1v) is 6.51. The zero-order chi connectivity index (χ0) is 16.1. The van der Waals surface area contributed by atoms with Gasteiger partial charge in [0.15, 0.2) is 11.5 Å². The summed E-state index contributed by atoms with van der Waals surface area (Å²) in [5.41, 5.74) is 6.46. The summed E-state index contributed by atoms with van der Waals surface area (Å²) in [6.45, 7) is 0. The molecule has 22 heavy (non-hydrogen) atoms. The molecular formula is C17H14N2O3. The number of nitriles is 1. The SMILES string of the molecule is N#C/C(=C\C(c1ccccc1)c1ccc(O)c(O)c1)C(N)=O. The van der Waals surface area contributed by atoms with Gasteiger partial charge >= 0.3 is 0 Å². The molecule has 0 fully saturated rings. The van der Waals surface area contributed by atoms with Crippen LogP contribution in [0.25, 0.3) is 0 Å². The van der Waals surface area contributed by atoms with E-state index in [2.05, 4.69) is 0 Å². The maximum Gasteiger partial charge on any atom is 0.259 e. The van der Waals surface area contributed by atoms with Gasteiger partial charge in [-0.1, -0.05) is 36.4 Å². The molecule has 5 heteroatoms. The number of hydrogen-bond donors (Lipinski definition) is 3. The fourth-order valence-corrected chi connectivity index (χ4v) is 2.12. The molecule has 0 spiro atoms. The maximum absolute atomic E-state index is 11.3. The minimum absolute atomic E-state index is 0.165. The first-order chi connectivity index (χ1) is 10.5. The van der Waals surface area contributed by atoms with Crippen molar-refractivity contribution in [2.75, 3.05) is 0 Å². The highest BCUT2D eigenvalue weighted by atomic mass is 16.3. The molecule has 0 radical (unpaired) electrons. The van der Waals surface area contributed by atoms with Gasteiger partial charge < -0.3 is 15.9 Å². The summed E-state index contributed by atoms with van der Waals surface area (Å²) >= 11 is 0. The molecule has 0 aromatic heterocycles. The molecule has 0 heterocycles. The number of hydrogen-bond acceptors (Lipinski definition) is 4. The Hall–Kier alpha value is -3.26. The van der Waals surface area contributed by atoms with Crippen molar-refractivity contribution in [3.05, 3.63) is 71.3 Å². The Morgan fingerprint density at radius 2 is 1.77 bits per heavy atom. The van der Waals surface area contributed by atoms with Crippen molar-refractivity contribution in [3.63, 3.8) is 0 Å². The van der Waals surface area contributed by atoms with E-state index in [1.807, 2.05) is 30.3 Å². The quantitative estimate of drug-likeness (QED) is 0.456. The van der Waals surface area contributed by atoms with Gasteiger partial charge in [0.2, 0.25) is 0 Å². The van der Waals surface area contributed by atoms with Gasteiger partial charge in [-0.15, -0.1) is 0 Å². The van der Waals surface area contributed by atoms with Gasteiger partial charge in [-0.05, 0) is 29.3 Å². The predicted molar refractivity (Wildman–Crippen MR) is 80.9 cm³/mol. The average Bonchev–Trinajstić information content (AvgIpc) is 2.52. The molecule has 0 aliphatic heterocycles. The second-order valence-electron chi connectivity index (χ2n) is 4.69. The van der Waals surface area contributed by atoms with Gasteiger partial charge in [-0.25, -0.2) is 0 Å². The molecule has 1 unspecified atom stereocenters. The van der Waals surface area contributed by atoms with E-state index in [1.165, 1.54) is 18.2 Å². The lowest BCUT2D eigenvalue weighted by molar-refractivity contribution is -0.114. The van der Waals surface area contributed by atoms with Crippen LogP contribution in [0.4, 0.5) is 0 Å². The predicted octanol–water partition coefficient (Wildman–Crippen LogP) is 2.16. The number of nitrogens with zero attached hydrogens (tertiary/aromatic N) is 1. The number of amides is 1. The van der Waals surface area contributed by atoms with E-state index in [-0.39, 0.29) is 17.1 Å². The van der Waals surface area contributed by atoms with Gasteiger partial charge in [-0.2, -0.15) is 5.26 Å². The van der Waals surface area contributed by atoms with Crippen LogP contribution in [0.2, 0.25) is 0 Å². The third kappa shape index (κ3) is 3.25. The highest BCUT2D eigenvalue weighted by Gasteiger charge is 2.16. The van der Waals surface area contributed by atoms with Crippen LogP contribution in [0.3, 0.4) is 0 Å². The Bertz CT molecular complexity index is 761. The van der Waals surface area contributed by atoms with Crippen LogP contribution in [0.1, 0.15) is 17.0 Å². The number of carbonyl (C=O) groups excluding carboxylic acids is 1. The zero-order valence-corrected chi connectivity index (χ0v) is 11.6. The Kier molecular flexibility index (Phi) is 4.44. The normalized spacial score (nSPS) is 12.4. The first-order valence-electron chi connectivity index (χ1n) is 6.51. The van der Waals surface area contributed by atoms with Crippen molar-refractivity contribution in [2.24, 2.45) is 5.73 Å². The summed E-state index contributed by atoms with van der Waals surface area (Å²) in [7, 11) is 0. The minimum atomic E-state index is -0.813. The van der Waals surface area contributed by atoms with E-state index >= 15 is 0 Å². The largest absolute Gasteiger partial charge is 0.504 e. The van der Waals surface area contributed by atoms with E-state index < -0.39 is 11.8 Å². The van der Waals surface area contributed by atoms with Crippen LogP contribution in [-0.2, 0) is 4.79 Å². The summed E-state index contributed by atoms with van der Waals surface area (Å²) in [5, 5.41) is 28.1. The summed E-state index contributed by atoms with van der Waals surface area (Å²) in [4.78, 5) is 11.3. The van der Waals surface area contributed by atoms with E-state index in [0.29, 0.717) is 5.56 Å². The van der Waals surface area contributed by atoms with E-state index in [1.54, 1.807) is 12.1 Å². The maximum atomic E-state index is 11.3. The molecule has 0 saturated heterocycles. The standard InChI is InChI=1S/C17H14N2O3/c18-10-13(17(19)22)8-14(11-4-2-1-3-5-11)12-6-7-15(20)16(21)9-12/h1-9,14,20-21H,(H2,19,22)/b13-8+. The van der Waals surface area contributed by atoms with Crippen LogP contribution >= 0.6 is 0 Å². The molecule has 0 aliphatic rings. The molecule has 4 N–H and O–H groups in total. The number of aromatic hydroxyl groups is 2. The monoisotopic (exact) mass is 294 g/mol. The molecule has 5 nitrogen and oxygen atoms in total. The van der Waals surface area contributed by atoms with Crippen LogP contribution in [-0.4, -0.2) is 16.1 Å². The molecule has 1 atom stereocenters. The van der Waals surface area contributed by atoms with Crippen molar-refractivity contribution < 1.29 is 15.0 Å². The number of nitrogens with two attached hydrogens (primary N) is 1. The zero-order valence-electron chi connectivity index (χ0n) is 11.6. The average molecular weight is 294 g/mol. The molecule has 0 aliphatic carbocycles. The van der Waals surface area contributed by atoms with Crippen molar-refractivity contribution in [2.45, 2.75) is 5.92 Å². The van der Waals surface area contributed by atoms with Crippen LogP contribution in [0, 0.1) is 11.3 Å². The fourth-order valence-electron chi connectivity index (χ4n) is 2.12. The first kappa shape index (κ1) is 15.1. The molecule has 0 saturated carbocycles. The number of benzene rings is 2. The molecule has 1 amide bonds. The van der Waals surface area contributed by atoms with Crippen LogP contribution < -0.4 is 5.73 Å². The molecule has 2 aromatic rings. The number of primary amides is 1. The van der Waals surface area contributed by atoms with Crippen molar-refractivity contribution >= 4 is 5.91 Å². The third-order valence-corrected chi connectivity index (χ3v) is 3.24. The van der Waals surface area contributed by atoms with E-state index in [9.17, 15) is 15.0 Å². The second-order valence-corrected chi connectivity index (χ2v) is 4.69. The van der Waals surface area contributed by atoms with Crippen molar-refractivity contribution in [1.82, 2.24) is 0 Å². The Balaban J connectivity index is 2.58. The minimum Gasteiger partial charge on any atom is -0.504 e. The summed E-state index contributed by atoms with van der Waals surface area (Å²) in [6.07, 6.45) is 1.45. The number of rotatable bonds is 4. The van der Waals surface area contributed by atoms with Crippen LogP contribution in [0.15, 0.2) is 60.2 Å². The molecule has 2 rings (SSSR count). The lowest BCUT2D eigenvalue weighted by atomic mass is 9.89. The van der Waals surface area contributed by atoms with E-state index in [0.717, 1.165) is 5.56 Å².